The van der Waals surface area contributed by atoms with E-state index in [0.717, 1.165) is 11.3 Å². The highest BCUT2D eigenvalue weighted by Gasteiger charge is 2.21. The Morgan fingerprint density at radius 2 is 1.92 bits per heavy atom. The average Bonchev–Trinajstić information content (AvgIpc) is 2.98. The van der Waals surface area contributed by atoms with Crippen LogP contribution >= 0.6 is 0 Å². The van der Waals surface area contributed by atoms with Crippen molar-refractivity contribution < 1.29 is 18.2 Å². The topological polar surface area (TPSA) is 68.5 Å². The highest BCUT2D eigenvalue weighted by Crippen LogP contribution is 2.24. The summed E-state index contributed by atoms with van der Waals surface area (Å²) in [5.41, 5.74) is 0.990. The van der Waals surface area contributed by atoms with Gasteiger partial charge in [0.05, 0.1) is 35.1 Å². The molecule has 2 aromatic rings. The van der Waals surface area contributed by atoms with Crippen LogP contribution in [0.15, 0.2) is 45.9 Å². The number of nitrogens with one attached hydrogen (secondary N) is 1. The molecule has 0 fully saturated rings. The van der Waals surface area contributed by atoms with Crippen LogP contribution in [0.25, 0.3) is 0 Å². The standard InChI is InChI=1S/C18H23NO4S/c1-12(2)18(14-5-7-15(22-4)8-6-14)19-17(20)11-24(21)16-9-10-23-13(16)3/h5-10,12,18H,11H2,1-4H3,(H,19,20). The molecule has 2 rings (SSSR count). The monoisotopic (exact) mass is 349 g/mol. The van der Waals surface area contributed by atoms with Gasteiger partial charge in [0, 0.05) is 0 Å². The molecule has 0 aliphatic rings. The van der Waals surface area contributed by atoms with Crippen molar-refractivity contribution in [1.29, 1.82) is 0 Å². The Morgan fingerprint density at radius 1 is 1.25 bits per heavy atom. The van der Waals surface area contributed by atoms with E-state index < -0.39 is 10.8 Å². The molecule has 1 heterocycles. The first kappa shape index (κ1) is 18.3. The van der Waals surface area contributed by atoms with Crippen molar-refractivity contribution in [3.8, 4) is 5.75 Å². The van der Waals surface area contributed by atoms with E-state index >= 15 is 0 Å². The summed E-state index contributed by atoms with van der Waals surface area (Å²) in [4.78, 5) is 12.9. The lowest BCUT2D eigenvalue weighted by Crippen LogP contribution is -2.34. The molecule has 0 spiro atoms. The second-order valence-electron chi connectivity index (χ2n) is 5.89. The predicted octanol–water partition coefficient (Wildman–Crippen LogP) is 3.22. The summed E-state index contributed by atoms with van der Waals surface area (Å²) in [7, 11) is 0.204. The number of methoxy groups -OCH3 is 1. The minimum Gasteiger partial charge on any atom is -0.497 e. The highest BCUT2D eigenvalue weighted by molar-refractivity contribution is 7.85. The van der Waals surface area contributed by atoms with Crippen LogP contribution in [0.5, 0.6) is 5.75 Å². The largest absolute Gasteiger partial charge is 0.497 e. The van der Waals surface area contributed by atoms with Gasteiger partial charge in [0.1, 0.15) is 17.3 Å². The maximum Gasteiger partial charge on any atom is 0.233 e. The lowest BCUT2D eigenvalue weighted by atomic mass is 9.96. The third-order valence-corrected chi connectivity index (χ3v) is 5.22. The van der Waals surface area contributed by atoms with Crippen molar-refractivity contribution in [2.24, 2.45) is 5.92 Å². The third-order valence-electron chi connectivity index (χ3n) is 3.78. The number of hydrogen-bond acceptors (Lipinski definition) is 4. The van der Waals surface area contributed by atoms with Crippen LogP contribution in [-0.4, -0.2) is 23.0 Å². The van der Waals surface area contributed by atoms with Crippen molar-refractivity contribution >= 4 is 16.7 Å². The molecule has 0 radical (unpaired) electrons. The molecule has 6 heteroatoms. The van der Waals surface area contributed by atoms with Crippen molar-refractivity contribution in [3.05, 3.63) is 47.9 Å². The number of benzene rings is 1. The van der Waals surface area contributed by atoms with Crippen LogP contribution in [0.4, 0.5) is 0 Å². The third kappa shape index (κ3) is 4.47. The fourth-order valence-electron chi connectivity index (χ4n) is 2.47. The zero-order valence-electron chi connectivity index (χ0n) is 14.4. The highest BCUT2D eigenvalue weighted by atomic mass is 32.2. The van der Waals surface area contributed by atoms with E-state index in [0.29, 0.717) is 10.7 Å². The Hall–Kier alpha value is -2.08. The van der Waals surface area contributed by atoms with Crippen LogP contribution in [-0.2, 0) is 15.6 Å². The van der Waals surface area contributed by atoms with Gasteiger partial charge >= 0.3 is 0 Å². The Morgan fingerprint density at radius 3 is 2.42 bits per heavy atom. The van der Waals surface area contributed by atoms with Crippen molar-refractivity contribution in [1.82, 2.24) is 5.32 Å². The summed E-state index contributed by atoms with van der Waals surface area (Å²) in [6, 6.07) is 9.09. The molecule has 2 atom stereocenters. The summed E-state index contributed by atoms with van der Waals surface area (Å²) in [5, 5.41) is 2.98. The maximum atomic E-state index is 12.3. The quantitative estimate of drug-likeness (QED) is 0.833. The number of amides is 1. The predicted molar refractivity (Wildman–Crippen MR) is 93.4 cm³/mol. The molecule has 0 saturated carbocycles. The molecule has 0 saturated heterocycles. The van der Waals surface area contributed by atoms with Gasteiger partial charge in [-0.2, -0.15) is 0 Å². The SMILES string of the molecule is COc1ccc(C(NC(=O)CS(=O)c2ccoc2C)C(C)C)cc1. The minimum absolute atomic E-state index is 0.0836. The van der Waals surface area contributed by atoms with Crippen LogP contribution in [0.3, 0.4) is 0 Å². The van der Waals surface area contributed by atoms with E-state index in [9.17, 15) is 9.00 Å². The second kappa shape index (κ2) is 8.15. The number of hydrogen-bond donors (Lipinski definition) is 1. The van der Waals surface area contributed by atoms with E-state index in [2.05, 4.69) is 5.32 Å². The fourth-order valence-corrected chi connectivity index (χ4v) is 3.52. The van der Waals surface area contributed by atoms with Gasteiger partial charge in [-0.05, 0) is 36.6 Å². The second-order valence-corrected chi connectivity index (χ2v) is 7.31. The van der Waals surface area contributed by atoms with Gasteiger partial charge in [0.2, 0.25) is 5.91 Å². The zero-order valence-corrected chi connectivity index (χ0v) is 15.2. The van der Waals surface area contributed by atoms with E-state index in [1.165, 1.54) is 6.26 Å². The molecule has 0 aliphatic heterocycles. The zero-order chi connectivity index (χ0) is 17.7. The molecule has 0 bridgehead atoms. The summed E-state index contributed by atoms with van der Waals surface area (Å²) >= 11 is 0. The fraction of sp³-hybridized carbons (Fsp3) is 0.389. The number of aryl methyl sites for hydroxylation is 1. The van der Waals surface area contributed by atoms with Crippen LogP contribution in [0, 0.1) is 12.8 Å². The van der Waals surface area contributed by atoms with E-state index in [1.54, 1.807) is 20.1 Å². The first-order valence-corrected chi connectivity index (χ1v) is 9.10. The smallest absolute Gasteiger partial charge is 0.233 e. The van der Waals surface area contributed by atoms with E-state index in [1.807, 2.05) is 38.1 Å². The molecule has 1 N–H and O–H groups in total. The van der Waals surface area contributed by atoms with E-state index in [-0.39, 0.29) is 23.6 Å². The average molecular weight is 349 g/mol. The molecule has 1 aromatic heterocycles. The molecule has 1 amide bonds. The summed E-state index contributed by atoms with van der Waals surface area (Å²) in [6.45, 7) is 5.80. The Kier molecular flexibility index (Phi) is 6.20. The van der Waals surface area contributed by atoms with Gasteiger partial charge < -0.3 is 14.5 Å². The van der Waals surface area contributed by atoms with Gasteiger partial charge in [-0.15, -0.1) is 0 Å². The van der Waals surface area contributed by atoms with Crippen molar-refractivity contribution in [2.45, 2.75) is 31.7 Å². The number of carbonyl (C=O) groups excluding carboxylic acids is 1. The lowest BCUT2D eigenvalue weighted by Gasteiger charge is -2.23. The molecule has 5 nitrogen and oxygen atoms in total. The number of carbonyl (C=O) groups is 1. The summed E-state index contributed by atoms with van der Waals surface area (Å²) < 4.78 is 22.6. The van der Waals surface area contributed by atoms with Crippen molar-refractivity contribution in [3.63, 3.8) is 0 Å². The summed E-state index contributed by atoms with van der Waals surface area (Å²) in [5.74, 6) is 1.22. The number of furan rings is 1. The van der Waals surface area contributed by atoms with Crippen molar-refractivity contribution in [2.75, 3.05) is 12.9 Å². The molecular weight excluding hydrogens is 326 g/mol. The Labute approximate surface area is 144 Å². The molecule has 2 unspecified atom stereocenters. The van der Waals surface area contributed by atoms with Crippen LogP contribution in [0.2, 0.25) is 0 Å². The molecule has 0 aliphatic carbocycles. The van der Waals surface area contributed by atoms with Gasteiger partial charge in [-0.3, -0.25) is 9.00 Å². The molecular formula is C18H23NO4S. The van der Waals surface area contributed by atoms with Crippen LogP contribution < -0.4 is 10.1 Å². The van der Waals surface area contributed by atoms with Gasteiger partial charge in [-0.1, -0.05) is 26.0 Å². The van der Waals surface area contributed by atoms with Gasteiger partial charge in [0.25, 0.3) is 0 Å². The maximum absolute atomic E-state index is 12.3. The first-order valence-electron chi connectivity index (χ1n) is 7.78. The molecule has 1 aromatic carbocycles. The van der Waals surface area contributed by atoms with E-state index in [4.69, 9.17) is 9.15 Å². The molecule has 24 heavy (non-hydrogen) atoms. The summed E-state index contributed by atoms with van der Waals surface area (Å²) in [6.07, 6.45) is 1.48. The Balaban J connectivity index is 2.05. The lowest BCUT2D eigenvalue weighted by molar-refractivity contribution is -0.119. The normalized spacial score (nSPS) is 13.5. The molecule has 130 valence electrons. The van der Waals surface area contributed by atoms with Gasteiger partial charge in [0.15, 0.2) is 0 Å². The number of rotatable bonds is 7. The first-order chi connectivity index (χ1) is 11.4. The van der Waals surface area contributed by atoms with Gasteiger partial charge in [-0.25, -0.2) is 0 Å². The number of ether oxygens (including phenoxy) is 1. The minimum atomic E-state index is -1.41. The van der Waals surface area contributed by atoms with Crippen LogP contribution in [0.1, 0.15) is 31.2 Å². The Bertz CT molecular complexity index is 706.